The van der Waals surface area contributed by atoms with Gasteiger partial charge >= 0.3 is 6.03 Å². The number of aromatic nitrogens is 2. The van der Waals surface area contributed by atoms with Crippen molar-refractivity contribution in [1.82, 2.24) is 20.0 Å². The Balaban J connectivity index is 1.52. The molecule has 0 saturated heterocycles. The molecule has 32 heavy (non-hydrogen) atoms. The second-order valence-electron chi connectivity index (χ2n) is 7.26. The van der Waals surface area contributed by atoms with Crippen LogP contribution in [0.15, 0.2) is 44.8 Å². The van der Waals surface area contributed by atoms with Gasteiger partial charge in [-0.15, -0.1) is 5.12 Å². The summed E-state index contributed by atoms with van der Waals surface area (Å²) in [6.45, 7) is 3.60. The summed E-state index contributed by atoms with van der Waals surface area (Å²) >= 11 is 6.37. The molecule has 12 heteroatoms. The SMILES string of the molecule is CO[C@@H](C)c1c(NC(=O)NC2C=C(Cl)C(N3N=CCC=N3)=NC2C)cnn2ccc(F)c12. The number of ether oxygens (including phenoxy) is 1. The van der Waals surface area contributed by atoms with Crippen LogP contribution in [0.5, 0.6) is 0 Å². The monoisotopic (exact) mass is 460 g/mol. The standard InChI is InChI=1S/C20H22ClFN8O2/c1-11-15(9-13(21)19(26-11)30-23-6-4-7-24-30)27-20(31)28-16-10-25-29-8-5-14(22)18(29)17(16)12(2)32-3/h5-12,15H,4H2,1-3H3,(H2,27,28,31)/t11?,12-,15?/m0/s1. The predicted octanol–water partition coefficient (Wildman–Crippen LogP) is 3.27. The molecular formula is C20H22ClFN8O2. The van der Waals surface area contributed by atoms with Gasteiger partial charge in [-0.25, -0.2) is 13.7 Å². The lowest BCUT2D eigenvalue weighted by atomic mass is 10.1. The third-order valence-electron chi connectivity index (χ3n) is 5.15. The number of urea groups is 1. The van der Waals surface area contributed by atoms with Gasteiger partial charge in [0.15, 0.2) is 11.7 Å². The van der Waals surface area contributed by atoms with Crippen LogP contribution < -0.4 is 10.6 Å². The number of methoxy groups -OCH3 is 1. The molecule has 0 saturated carbocycles. The lowest BCUT2D eigenvalue weighted by Gasteiger charge is -2.27. The molecule has 4 rings (SSSR count). The smallest absolute Gasteiger partial charge is 0.319 e. The largest absolute Gasteiger partial charge is 0.377 e. The number of carbonyl (C=O) groups excluding carboxylic acids is 1. The van der Waals surface area contributed by atoms with Gasteiger partial charge in [-0.3, -0.25) is 4.99 Å². The second-order valence-corrected chi connectivity index (χ2v) is 7.67. The number of aliphatic imine (C=N–C) groups is 1. The van der Waals surface area contributed by atoms with E-state index in [0.29, 0.717) is 28.5 Å². The normalized spacial score (nSPS) is 21.3. The van der Waals surface area contributed by atoms with Crippen LogP contribution in [0.1, 0.15) is 31.9 Å². The third-order valence-corrected chi connectivity index (χ3v) is 5.44. The molecule has 3 atom stereocenters. The molecule has 2 amide bonds. The van der Waals surface area contributed by atoms with Gasteiger partial charge in [0.2, 0.25) is 0 Å². The summed E-state index contributed by atoms with van der Waals surface area (Å²) < 4.78 is 21.2. The first-order chi connectivity index (χ1) is 15.4. The summed E-state index contributed by atoms with van der Waals surface area (Å²) in [6.07, 6.45) is 8.18. The minimum absolute atomic E-state index is 0.239. The van der Waals surface area contributed by atoms with Crippen LogP contribution in [-0.2, 0) is 4.74 Å². The lowest BCUT2D eigenvalue weighted by molar-refractivity contribution is 0.120. The number of hydrazone groups is 2. The van der Waals surface area contributed by atoms with Gasteiger partial charge in [0.25, 0.3) is 0 Å². The molecule has 0 spiro atoms. The summed E-state index contributed by atoms with van der Waals surface area (Å²) in [5.74, 6) is -0.0552. The van der Waals surface area contributed by atoms with E-state index in [1.165, 1.54) is 35.2 Å². The number of anilines is 1. The zero-order chi connectivity index (χ0) is 22.8. The Morgan fingerprint density at radius 2 is 2.12 bits per heavy atom. The van der Waals surface area contributed by atoms with Crippen molar-refractivity contribution in [3.63, 3.8) is 0 Å². The minimum atomic E-state index is -0.516. The highest BCUT2D eigenvalue weighted by atomic mass is 35.5. The van der Waals surface area contributed by atoms with Crippen LogP contribution in [0.3, 0.4) is 0 Å². The molecule has 0 aromatic carbocycles. The lowest BCUT2D eigenvalue weighted by Crippen LogP contribution is -2.45. The number of dihydropyridines is 1. The fourth-order valence-corrected chi connectivity index (χ4v) is 3.71. The molecule has 2 N–H and O–H groups in total. The number of fused-ring (bicyclic) bond motifs is 1. The number of nitrogens with one attached hydrogen (secondary N) is 2. The Bertz CT molecular complexity index is 1150. The summed E-state index contributed by atoms with van der Waals surface area (Å²) in [6, 6.07) is -0.0147. The maximum absolute atomic E-state index is 14.4. The van der Waals surface area contributed by atoms with Gasteiger partial charge in [0, 0.05) is 37.7 Å². The maximum Gasteiger partial charge on any atom is 0.319 e. The van der Waals surface area contributed by atoms with Crippen molar-refractivity contribution in [3.05, 3.63) is 40.9 Å². The van der Waals surface area contributed by atoms with Crippen molar-refractivity contribution in [2.45, 2.75) is 38.5 Å². The fraction of sp³-hybridized carbons (Fsp3) is 0.350. The number of rotatable bonds is 4. The number of halogens is 2. The van der Waals surface area contributed by atoms with E-state index in [0.717, 1.165) is 0 Å². The summed E-state index contributed by atoms with van der Waals surface area (Å²) in [4.78, 5) is 17.3. The molecule has 2 aromatic rings. The molecule has 0 fully saturated rings. The molecular weight excluding hydrogens is 439 g/mol. The Morgan fingerprint density at radius 1 is 1.38 bits per heavy atom. The first-order valence-corrected chi connectivity index (χ1v) is 10.3. The number of carbonyl (C=O) groups is 1. The van der Waals surface area contributed by atoms with Crippen molar-refractivity contribution in [2.75, 3.05) is 12.4 Å². The highest BCUT2D eigenvalue weighted by Crippen LogP contribution is 2.30. The molecule has 2 unspecified atom stereocenters. The summed E-state index contributed by atoms with van der Waals surface area (Å²) in [5.41, 5.74) is 1.05. The van der Waals surface area contributed by atoms with Crippen LogP contribution in [0.4, 0.5) is 14.9 Å². The molecule has 10 nitrogen and oxygen atoms in total. The topological polar surface area (TPSA) is 108 Å². The van der Waals surface area contributed by atoms with Crippen LogP contribution in [0.25, 0.3) is 5.52 Å². The number of amides is 2. The van der Waals surface area contributed by atoms with Crippen molar-refractivity contribution >= 4 is 47.1 Å². The average Bonchev–Trinajstić information content (AvgIpc) is 3.16. The second kappa shape index (κ2) is 9.05. The molecule has 2 aromatic heterocycles. The first kappa shape index (κ1) is 21.9. The van der Waals surface area contributed by atoms with Crippen LogP contribution >= 0.6 is 11.6 Å². The molecule has 0 radical (unpaired) electrons. The average molecular weight is 461 g/mol. The summed E-state index contributed by atoms with van der Waals surface area (Å²) in [5, 5.41) is 19.7. The zero-order valence-electron chi connectivity index (χ0n) is 17.7. The molecule has 0 bridgehead atoms. The molecule has 168 valence electrons. The first-order valence-electron chi connectivity index (χ1n) is 9.95. The van der Waals surface area contributed by atoms with Crippen LogP contribution in [0.2, 0.25) is 0 Å². The summed E-state index contributed by atoms with van der Waals surface area (Å²) in [7, 11) is 1.51. The quantitative estimate of drug-likeness (QED) is 0.729. The zero-order valence-corrected chi connectivity index (χ0v) is 18.4. The highest BCUT2D eigenvalue weighted by molar-refractivity contribution is 6.43. The van der Waals surface area contributed by atoms with Gasteiger partial charge in [-0.1, -0.05) is 11.6 Å². The molecule has 2 aliphatic heterocycles. The highest BCUT2D eigenvalue weighted by Gasteiger charge is 2.28. The maximum atomic E-state index is 14.4. The Kier molecular flexibility index (Phi) is 6.19. The predicted molar refractivity (Wildman–Crippen MR) is 121 cm³/mol. The molecule has 2 aliphatic rings. The van der Waals surface area contributed by atoms with Gasteiger partial charge in [0.1, 0.15) is 5.52 Å². The minimum Gasteiger partial charge on any atom is -0.377 e. The van der Waals surface area contributed by atoms with E-state index in [2.05, 4.69) is 30.9 Å². The van der Waals surface area contributed by atoms with E-state index in [1.54, 1.807) is 25.4 Å². The van der Waals surface area contributed by atoms with E-state index in [4.69, 9.17) is 16.3 Å². The van der Waals surface area contributed by atoms with Crippen LogP contribution in [-0.4, -0.2) is 58.2 Å². The van der Waals surface area contributed by atoms with Gasteiger partial charge in [-0.2, -0.15) is 15.3 Å². The van der Waals surface area contributed by atoms with Gasteiger partial charge in [0.05, 0.1) is 35.1 Å². The Labute approximate surface area is 188 Å². The van der Waals surface area contributed by atoms with E-state index in [1.807, 2.05) is 6.92 Å². The Hall–Kier alpha value is -3.31. The van der Waals surface area contributed by atoms with Gasteiger partial charge in [-0.05, 0) is 26.0 Å². The van der Waals surface area contributed by atoms with Crippen molar-refractivity contribution < 1.29 is 13.9 Å². The van der Waals surface area contributed by atoms with Crippen molar-refractivity contribution in [3.8, 4) is 0 Å². The van der Waals surface area contributed by atoms with Gasteiger partial charge < -0.3 is 15.4 Å². The van der Waals surface area contributed by atoms with Crippen molar-refractivity contribution in [1.29, 1.82) is 0 Å². The van der Waals surface area contributed by atoms with Crippen LogP contribution in [0, 0.1) is 5.82 Å². The van der Waals surface area contributed by atoms with Crippen molar-refractivity contribution in [2.24, 2.45) is 15.2 Å². The van der Waals surface area contributed by atoms with E-state index in [-0.39, 0.29) is 11.6 Å². The number of amidine groups is 1. The third kappa shape index (κ3) is 4.21. The fourth-order valence-electron chi connectivity index (χ4n) is 3.45. The number of hydrogen-bond donors (Lipinski definition) is 2. The number of nitrogens with zero attached hydrogens (tertiary/aromatic N) is 6. The van der Waals surface area contributed by atoms with E-state index < -0.39 is 24.0 Å². The van der Waals surface area contributed by atoms with E-state index in [9.17, 15) is 9.18 Å². The van der Waals surface area contributed by atoms with E-state index >= 15 is 0 Å². The number of hydrogen-bond acceptors (Lipinski definition) is 7. The molecule has 4 heterocycles. The molecule has 0 aliphatic carbocycles. The Morgan fingerprint density at radius 3 is 2.84 bits per heavy atom.